The van der Waals surface area contributed by atoms with Crippen LogP contribution in [-0.2, 0) is 0 Å². The van der Waals surface area contributed by atoms with Crippen molar-refractivity contribution in [2.75, 3.05) is 0 Å². The van der Waals surface area contributed by atoms with E-state index in [1.54, 1.807) is 0 Å². The SMILES string of the molecule is c1ccc(-c2ccc3c4ccccc4n(-c4cccc5c4oc4ccc(C6=NC(n7c8ccccc8c8ccccc87)=NC(c7ccccc7)N6)cc45)c3c2)cc1. The Labute approximate surface area is 327 Å². The van der Waals surface area contributed by atoms with Crippen molar-refractivity contribution in [1.82, 2.24) is 14.5 Å². The largest absolute Gasteiger partial charge is 0.454 e. The number of aromatic nitrogens is 2. The fourth-order valence-corrected chi connectivity index (χ4v) is 8.77. The zero-order valence-corrected chi connectivity index (χ0v) is 30.7. The lowest BCUT2D eigenvalue weighted by atomic mass is 10.0. The summed E-state index contributed by atoms with van der Waals surface area (Å²) in [4.78, 5) is 10.5. The molecular weight excluding hydrogens is 699 g/mol. The van der Waals surface area contributed by atoms with Crippen molar-refractivity contribution in [2.24, 2.45) is 9.98 Å². The summed E-state index contributed by atoms with van der Waals surface area (Å²) in [6, 6.07) is 66.1. The summed E-state index contributed by atoms with van der Waals surface area (Å²) < 4.78 is 11.4. The fraction of sp³-hybridized carbons (Fsp3) is 0.0196. The number of amidine groups is 1. The normalized spacial score (nSPS) is 14.5. The van der Waals surface area contributed by atoms with Crippen LogP contribution in [-0.4, -0.2) is 20.9 Å². The average molecular weight is 732 g/mol. The van der Waals surface area contributed by atoms with Gasteiger partial charge in [0.05, 0.1) is 27.8 Å². The van der Waals surface area contributed by atoms with Crippen LogP contribution in [0.5, 0.6) is 0 Å². The van der Waals surface area contributed by atoms with Gasteiger partial charge in [0.15, 0.2) is 5.58 Å². The van der Waals surface area contributed by atoms with Crippen molar-refractivity contribution < 1.29 is 4.42 Å². The summed E-state index contributed by atoms with van der Waals surface area (Å²) >= 11 is 0. The number of furan rings is 1. The maximum Gasteiger partial charge on any atom is 0.234 e. The van der Waals surface area contributed by atoms with Gasteiger partial charge in [-0.1, -0.05) is 140 Å². The Bertz CT molecular complexity index is 3390. The molecule has 0 fully saturated rings. The Balaban J connectivity index is 1.04. The highest BCUT2D eigenvalue weighted by Gasteiger charge is 2.25. The van der Waals surface area contributed by atoms with E-state index in [-0.39, 0.29) is 6.17 Å². The number of rotatable bonds is 4. The molecule has 0 bridgehead atoms. The Morgan fingerprint density at radius 3 is 1.75 bits per heavy atom. The van der Waals surface area contributed by atoms with Crippen LogP contribution in [0.4, 0.5) is 0 Å². The summed E-state index contributed by atoms with van der Waals surface area (Å²) in [5.41, 5.74) is 11.4. The van der Waals surface area contributed by atoms with Gasteiger partial charge in [-0.15, -0.1) is 0 Å². The molecule has 1 aliphatic heterocycles. The molecule has 6 nitrogen and oxygen atoms in total. The molecule has 0 aliphatic carbocycles. The first-order valence-corrected chi connectivity index (χ1v) is 19.3. The van der Waals surface area contributed by atoms with Crippen LogP contribution in [0, 0.1) is 0 Å². The predicted octanol–water partition coefficient (Wildman–Crippen LogP) is 12.4. The molecule has 268 valence electrons. The maximum absolute atomic E-state index is 6.82. The van der Waals surface area contributed by atoms with Crippen molar-refractivity contribution in [3.05, 3.63) is 199 Å². The molecule has 3 aromatic heterocycles. The van der Waals surface area contributed by atoms with Crippen molar-refractivity contribution >= 4 is 77.3 Å². The Kier molecular flexibility index (Phi) is 6.89. The average Bonchev–Trinajstić information content (AvgIpc) is 3.94. The third-order valence-corrected chi connectivity index (χ3v) is 11.4. The van der Waals surface area contributed by atoms with E-state index in [9.17, 15) is 0 Å². The number of aliphatic imine (C=N–C) groups is 2. The molecule has 0 saturated heterocycles. The molecule has 12 rings (SSSR count). The van der Waals surface area contributed by atoms with Gasteiger partial charge in [0.1, 0.15) is 17.6 Å². The van der Waals surface area contributed by atoms with Crippen LogP contribution in [0.1, 0.15) is 17.3 Å². The zero-order valence-electron chi connectivity index (χ0n) is 30.7. The van der Waals surface area contributed by atoms with Gasteiger partial charge in [-0.25, -0.2) is 4.99 Å². The summed E-state index contributed by atoms with van der Waals surface area (Å²) in [7, 11) is 0. The molecule has 0 radical (unpaired) electrons. The van der Waals surface area contributed by atoms with E-state index in [2.05, 4.69) is 196 Å². The predicted molar refractivity (Wildman–Crippen MR) is 235 cm³/mol. The van der Waals surface area contributed by atoms with Crippen molar-refractivity contribution in [3.63, 3.8) is 0 Å². The maximum atomic E-state index is 6.82. The number of benzene rings is 8. The van der Waals surface area contributed by atoms with Crippen LogP contribution in [0.25, 0.3) is 82.4 Å². The minimum absolute atomic E-state index is 0.340. The van der Waals surface area contributed by atoms with Crippen LogP contribution in [0.15, 0.2) is 202 Å². The molecule has 4 heterocycles. The van der Waals surface area contributed by atoms with Gasteiger partial charge in [-0.05, 0) is 65.2 Å². The first-order valence-electron chi connectivity index (χ1n) is 19.3. The topological polar surface area (TPSA) is 59.8 Å². The number of nitrogens with one attached hydrogen (secondary N) is 1. The zero-order chi connectivity index (χ0) is 37.5. The standard InChI is InChI=1S/C51H33N5O/c1-3-14-32(15-4-1)34-26-28-39-38-20-7-10-22-42(38)55(46(39)31-34)45-25-13-21-40-41-30-35(27-29-47(41)57-48(40)45)50-52-49(33-16-5-2-6-17-33)53-51(54-50)56-43-23-11-8-18-36(43)37-19-9-12-24-44(37)56/h1-31,49H,(H,52,53,54). The Morgan fingerprint density at radius 2 is 1.04 bits per heavy atom. The minimum atomic E-state index is -0.340. The summed E-state index contributed by atoms with van der Waals surface area (Å²) in [6.07, 6.45) is -0.340. The van der Waals surface area contributed by atoms with Crippen LogP contribution in [0.2, 0.25) is 0 Å². The highest BCUT2D eigenvalue weighted by Crippen LogP contribution is 2.40. The monoisotopic (exact) mass is 731 g/mol. The molecule has 0 amide bonds. The van der Waals surface area contributed by atoms with Gasteiger partial charge >= 0.3 is 0 Å². The van der Waals surface area contributed by atoms with E-state index in [1.165, 1.54) is 32.7 Å². The van der Waals surface area contributed by atoms with Crippen molar-refractivity contribution in [2.45, 2.75) is 6.17 Å². The first-order chi connectivity index (χ1) is 28.3. The van der Waals surface area contributed by atoms with Gasteiger partial charge in [0, 0.05) is 37.9 Å². The Hall–Kier alpha value is -7.70. The second-order valence-electron chi connectivity index (χ2n) is 14.6. The Morgan fingerprint density at radius 1 is 0.439 bits per heavy atom. The molecule has 8 aromatic carbocycles. The third kappa shape index (κ3) is 4.90. The highest BCUT2D eigenvalue weighted by atomic mass is 16.3. The van der Waals surface area contributed by atoms with E-state index in [1.807, 2.05) is 6.07 Å². The molecular formula is C51H33N5O. The summed E-state index contributed by atoms with van der Waals surface area (Å²) in [5, 5.41) is 10.5. The fourth-order valence-electron chi connectivity index (χ4n) is 8.77. The number of nitrogens with zero attached hydrogens (tertiary/aromatic N) is 4. The van der Waals surface area contributed by atoms with Crippen LogP contribution in [0.3, 0.4) is 0 Å². The van der Waals surface area contributed by atoms with Crippen LogP contribution >= 0.6 is 0 Å². The first kappa shape index (κ1) is 31.6. The van der Waals surface area contributed by atoms with E-state index < -0.39 is 0 Å². The van der Waals surface area contributed by atoms with Gasteiger partial charge in [0.2, 0.25) is 5.96 Å². The molecule has 57 heavy (non-hydrogen) atoms. The van der Waals surface area contributed by atoms with E-state index >= 15 is 0 Å². The van der Waals surface area contributed by atoms with Gasteiger partial charge in [-0.3, -0.25) is 4.57 Å². The third-order valence-electron chi connectivity index (χ3n) is 11.4. The second-order valence-corrected chi connectivity index (χ2v) is 14.6. The molecule has 6 heteroatoms. The quantitative estimate of drug-likeness (QED) is 0.196. The number of fused-ring (bicyclic) bond motifs is 9. The van der Waals surface area contributed by atoms with Gasteiger partial charge < -0.3 is 14.3 Å². The lowest BCUT2D eigenvalue weighted by molar-refractivity contribution is 0.665. The van der Waals surface area contributed by atoms with Gasteiger partial charge in [0.25, 0.3) is 0 Å². The summed E-state index contributed by atoms with van der Waals surface area (Å²) in [6.45, 7) is 0. The van der Waals surface area contributed by atoms with Crippen molar-refractivity contribution in [1.29, 1.82) is 0 Å². The molecule has 1 aliphatic rings. The molecule has 1 atom stereocenters. The van der Waals surface area contributed by atoms with Crippen LogP contribution < -0.4 is 5.32 Å². The smallest absolute Gasteiger partial charge is 0.234 e. The van der Waals surface area contributed by atoms with E-state index in [4.69, 9.17) is 14.4 Å². The molecule has 11 aromatic rings. The lowest BCUT2D eigenvalue weighted by Gasteiger charge is -2.24. The lowest BCUT2D eigenvalue weighted by Crippen LogP contribution is -2.35. The van der Waals surface area contributed by atoms with E-state index in [0.29, 0.717) is 5.96 Å². The molecule has 0 spiro atoms. The highest BCUT2D eigenvalue weighted by molar-refractivity contribution is 6.18. The second kappa shape index (κ2) is 12.4. The van der Waals surface area contributed by atoms with Gasteiger partial charge in [-0.2, -0.15) is 4.99 Å². The summed E-state index contributed by atoms with van der Waals surface area (Å²) in [5.74, 6) is 1.38. The number of hydrogen-bond donors (Lipinski definition) is 1. The minimum Gasteiger partial charge on any atom is -0.454 e. The molecule has 1 unspecified atom stereocenters. The molecule has 0 saturated carbocycles. The van der Waals surface area contributed by atoms with Crippen molar-refractivity contribution in [3.8, 4) is 16.8 Å². The van der Waals surface area contributed by atoms with E-state index in [0.717, 1.165) is 66.7 Å². The number of para-hydroxylation sites is 4. The molecule has 1 N–H and O–H groups in total. The number of hydrogen-bond acceptors (Lipinski definition) is 4.